The van der Waals surface area contributed by atoms with Crippen molar-refractivity contribution in [3.8, 4) is 0 Å². The van der Waals surface area contributed by atoms with Crippen LogP contribution in [0.15, 0.2) is 71.6 Å². The van der Waals surface area contributed by atoms with Crippen molar-refractivity contribution < 1.29 is 22.7 Å². The Morgan fingerprint density at radius 1 is 0.917 bits per heavy atom. The molecule has 0 aliphatic carbocycles. The standard InChI is InChI=1S/C27H31N3O5S/c1-19-9-12-22(13-10-19)36(33,34)30(25-14-11-20(2)17-21(25)3)18-26(31)29-24-8-6-5-7-23(24)27(32)28-15-16-35-4/h5-14,17H,15-16,18H2,1-4H3,(H,28,32)(H,29,31). The summed E-state index contributed by atoms with van der Waals surface area (Å²) in [5.74, 6) is -0.954. The van der Waals surface area contributed by atoms with Crippen LogP contribution in [0.2, 0.25) is 0 Å². The molecule has 9 heteroatoms. The molecule has 0 radical (unpaired) electrons. The van der Waals surface area contributed by atoms with Crippen molar-refractivity contribution in [3.05, 3.63) is 89.0 Å². The molecular formula is C27H31N3O5S. The van der Waals surface area contributed by atoms with E-state index in [9.17, 15) is 18.0 Å². The molecular weight excluding hydrogens is 478 g/mol. The number of methoxy groups -OCH3 is 1. The smallest absolute Gasteiger partial charge is 0.264 e. The first-order valence-electron chi connectivity index (χ1n) is 11.5. The molecule has 8 nitrogen and oxygen atoms in total. The number of amides is 2. The highest BCUT2D eigenvalue weighted by Crippen LogP contribution is 2.28. The molecule has 0 unspecified atom stereocenters. The number of nitrogens with one attached hydrogen (secondary N) is 2. The van der Waals surface area contributed by atoms with Gasteiger partial charge in [0, 0.05) is 13.7 Å². The van der Waals surface area contributed by atoms with E-state index in [2.05, 4.69) is 10.6 Å². The zero-order chi connectivity index (χ0) is 26.3. The molecule has 0 fully saturated rings. The Bertz CT molecular complexity index is 1340. The van der Waals surface area contributed by atoms with Gasteiger partial charge in [0.1, 0.15) is 6.54 Å². The van der Waals surface area contributed by atoms with Crippen LogP contribution in [0.25, 0.3) is 0 Å². The van der Waals surface area contributed by atoms with Crippen molar-refractivity contribution in [2.24, 2.45) is 0 Å². The lowest BCUT2D eigenvalue weighted by atomic mass is 10.1. The summed E-state index contributed by atoms with van der Waals surface area (Å²) in [5, 5.41) is 5.43. The number of nitrogens with zero attached hydrogens (tertiary/aromatic N) is 1. The molecule has 2 amide bonds. The Kier molecular flexibility index (Phi) is 8.84. The Hall–Kier alpha value is -3.69. The van der Waals surface area contributed by atoms with Gasteiger partial charge in [-0.3, -0.25) is 13.9 Å². The molecule has 0 aliphatic rings. The molecule has 3 rings (SSSR count). The third-order valence-corrected chi connectivity index (χ3v) is 7.33. The van der Waals surface area contributed by atoms with Gasteiger partial charge in [-0.25, -0.2) is 8.42 Å². The number of hydrogen-bond donors (Lipinski definition) is 2. The molecule has 0 bridgehead atoms. The van der Waals surface area contributed by atoms with Gasteiger partial charge >= 0.3 is 0 Å². The molecule has 0 spiro atoms. The van der Waals surface area contributed by atoms with E-state index in [1.54, 1.807) is 55.5 Å². The molecule has 3 aromatic rings. The van der Waals surface area contributed by atoms with Crippen molar-refractivity contribution in [1.29, 1.82) is 0 Å². The Morgan fingerprint density at radius 3 is 2.25 bits per heavy atom. The number of sulfonamides is 1. The molecule has 190 valence electrons. The van der Waals surface area contributed by atoms with Crippen LogP contribution >= 0.6 is 0 Å². The highest BCUT2D eigenvalue weighted by atomic mass is 32.2. The van der Waals surface area contributed by atoms with Crippen LogP contribution in [-0.2, 0) is 19.6 Å². The average molecular weight is 510 g/mol. The normalized spacial score (nSPS) is 11.1. The van der Waals surface area contributed by atoms with Crippen LogP contribution < -0.4 is 14.9 Å². The van der Waals surface area contributed by atoms with E-state index in [1.165, 1.54) is 19.2 Å². The average Bonchev–Trinajstić information content (AvgIpc) is 2.83. The van der Waals surface area contributed by atoms with Gasteiger partial charge in [-0.2, -0.15) is 0 Å². The van der Waals surface area contributed by atoms with Gasteiger partial charge in [-0.05, 0) is 56.7 Å². The van der Waals surface area contributed by atoms with Gasteiger partial charge in [0.05, 0.1) is 28.4 Å². The highest BCUT2D eigenvalue weighted by Gasteiger charge is 2.28. The zero-order valence-corrected chi connectivity index (χ0v) is 21.7. The van der Waals surface area contributed by atoms with Gasteiger partial charge in [0.15, 0.2) is 0 Å². The summed E-state index contributed by atoms with van der Waals surface area (Å²) in [5.41, 5.74) is 3.57. The summed E-state index contributed by atoms with van der Waals surface area (Å²) in [6.07, 6.45) is 0. The Morgan fingerprint density at radius 2 is 1.58 bits per heavy atom. The number of benzene rings is 3. The van der Waals surface area contributed by atoms with Crippen molar-refractivity contribution >= 4 is 33.2 Å². The Balaban J connectivity index is 1.92. The van der Waals surface area contributed by atoms with E-state index in [0.29, 0.717) is 18.8 Å². The summed E-state index contributed by atoms with van der Waals surface area (Å²) in [7, 11) is -2.52. The topological polar surface area (TPSA) is 105 Å². The summed E-state index contributed by atoms with van der Waals surface area (Å²) in [4.78, 5) is 25.8. The maximum absolute atomic E-state index is 13.7. The van der Waals surface area contributed by atoms with Gasteiger partial charge in [-0.15, -0.1) is 0 Å². The summed E-state index contributed by atoms with van der Waals surface area (Å²) < 4.78 is 33.4. The van der Waals surface area contributed by atoms with E-state index in [0.717, 1.165) is 21.0 Å². The number of aryl methyl sites for hydroxylation is 3. The third-order valence-electron chi connectivity index (χ3n) is 5.55. The van der Waals surface area contributed by atoms with Crippen LogP contribution in [0.4, 0.5) is 11.4 Å². The molecule has 0 aliphatic heterocycles. The monoisotopic (exact) mass is 509 g/mol. The SMILES string of the molecule is COCCNC(=O)c1ccccc1NC(=O)CN(c1ccc(C)cc1C)S(=O)(=O)c1ccc(C)cc1. The summed E-state index contributed by atoms with van der Waals surface area (Å²) in [6, 6.07) is 18.4. The molecule has 2 N–H and O–H groups in total. The number of rotatable bonds is 10. The molecule has 0 saturated carbocycles. The fraction of sp³-hybridized carbons (Fsp3) is 0.259. The number of anilines is 2. The van der Waals surface area contributed by atoms with E-state index >= 15 is 0 Å². The van der Waals surface area contributed by atoms with Crippen LogP contribution in [0, 0.1) is 20.8 Å². The predicted molar refractivity (Wildman–Crippen MR) is 141 cm³/mol. The fourth-order valence-corrected chi connectivity index (χ4v) is 5.18. The van der Waals surface area contributed by atoms with Crippen molar-refractivity contribution in [3.63, 3.8) is 0 Å². The second-order valence-corrected chi connectivity index (χ2v) is 10.3. The maximum atomic E-state index is 13.7. The first kappa shape index (κ1) is 26.9. The van der Waals surface area contributed by atoms with Crippen LogP contribution in [-0.4, -0.2) is 47.0 Å². The second kappa shape index (κ2) is 11.8. The number of carbonyl (C=O) groups excluding carboxylic acids is 2. The maximum Gasteiger partial charge on any atom is 0.264 e. The molecule has 36 heavy (non-hydrogen) atoms. The summed E-state index contributed by atoms with van der Waals surface area (Å²) >= 11 is 0. The third kappa shape index (κ3) is 6.50. The second-order valence-electron chi connectivity index (χ2n) is 8.46. The van der Waals surface area contributed by atoms with Crippen molar-refractivity contribution in [1.82, 2.24) is 5.32 Å². The zero-order valence-electron chi connectivity index (χ0n) is 20.9. The van der Waals surface area contributed by atoms with Crippen LogP contribution in [0.3, 0.4) is 0 Å². The van der Waals surface area contributed by atoms with Crippen molar-refractivity contribution in [2.45, 2.75) is 25.7 Å². The van der Waals surface area contributed by atoms with Gasteiger partial charge in [-0.1, -0.05) is 47.5 Å². The Labute approximate surface area is 212 Å². The van der Waals surface area contributed by atoms with Gasteiger partial charge < -0.3 is 15.4 Å². The number of para-hydroxylation sites is 1. The summed E-state index contributed by atoms with van der Waals surface area (Å²) in [6.45, 7) is 5.78. The van der Waals surface area contributed by atoms with E-state index in [4.69, 9.17) is 4.74 Å². The minimum absolute atomic E-state index is 0.0822. The van der Waals surface area contributed by atoms with E-state index in [-0.39, 0.29) is 22.1 Å². The first-order chi connectivity index (χ1) is 17.1. The van der Waals surface area contributed by atoms with Gasteiger partial charge in [0.25, 0.3) is 15.9 Å². The lowest BCUT2D eigenvalue weighted by molar-refractivity contribution is -0.114. The fourth-order valence-electron chi connectivity index (χ4n) is 3.69. The quantitative estimate of drug-likeness (QED) is 0.404. The predicted octanol–water partition coefficient (Wildman–Crippen LogP) is 3.82. The highest BCUT2D eigenvalue weighted by molar-refractivity contribution is 7.92. The lowest BCUT2D eigenvalue weighted by Gasteiger charge is -2.26. The molecule has 0 saturated heterocycles. The number of ether oxygens (including phenoxy) is 1. The first-order valence-corrected chi connectivity index (χ1v) is 12.9. The van der Waals surface area contributed by atoms with Crippen LogP contribution in [0.1, 0.15) is 27.0 Å². The largest absolute Gasteiger partial charge is 0.383 e. The van der Waals surface area contributed by atoms with Gasteiger partial charge in [0.2, 0.25) is 5.91 Å². The number of carbonyl (C=O) groups is 2. The number of hydrogen-bond acceptors (Lipinski definition) is 5. The minimum atomic E-state index is -4.06. The molecule has 0 heterocycles. The minimum Gasteiger partial charge on any atom is -0.383 e. The molecule has 0 aromatic heterocycles. The van der Waals surface area contributed by atoms with Crippen LogP contribution in [0.5, 0.6) is 0 Å². The lowest BCUT2D eigenvalue weighted by Crippen LogP contribution is -2.39. The molecule has 0 atom stereocenters. The van der Waals surface area contributed by atoms with Crippen molar-refractivity contribution in [2.75, 3.05) is 36.4 Å². The van der Waals surface area contributed by atoms with E-state index < -0.39 is 22.5 Å². The molecule has 3 aromatic carbocycles. The van der Waals surface area contributed by atoms with E-state index in [1.807, 2.05) is 19.9 Å².